The van der Waals surface area contributed by atoms with Gasteiger partial charge in [-0.15, -0.1) is 0 Å². The molecule has 1 unspecified atom stereocenters. The van der Waals surface area contributed by atoms with E-state index >= 15 is 0 Å². The van der Waals surface area contributed by atoms with E-state index in [2.05, 4.69) is 22.3 Å². The Morgan fingerprint density at radius 1 is 1.13 bits per heavy atom. The number of carbonyl (C=O) groups is 5. The Hall–Kier alpha value is -4.35. The number of piperidine rings is 2. The lowest BCUT2D eigenvalue weighted by atomic mass is 10.0. The number of likely N-dealkylation sites (tertiary alicyclic amines) is 1. The van der Waals surface area contributed by atoms with Crippen molar-refractivity contribution in [1.29, 1.82) is 0 Å². The highest BCUT2D eigenvalue weighted by Crippen LogP contribution is 2.32. The van der Waals surface area contributed by atoms with Crippen molar-refractivity contribution in [1.82, 2.24) is 24.9 Å². The first kappa shape index (κ1) is 26.3. The van der Waals surface area contributed by atoms with E-state index in [1.165, 1.54) is 0 Å². The van der Waals surface area contributed by atoms with Crippen LogP contribution in [0.4, 0.5) is 10.1 Å². The number of imide groups is 2. The summed E-state index contributed by atoms with van der Waals surface area (Å²) in [6.45, 7) is 4.51. The fourth-order valence-electron chi connectivity index (χ4n) is 5.31. The molecule has 3 aliphatic rings. The molecule has 39 heavy (non-hydrogen) atoms. The number of hydrogen-bond acceptors (Lipinski definition) is 7. The first-order chi connectivity index (χ1) is 18.8. The third kappa shape index (κ3) is 5.06. The van der Waals surface area contributed by atoms with Crippen LogP contribution < -0.4 is 10.6 Å². The van der Waals surface area contributed by atoms with Gasteiger partial charge in [0.15, 0.2) is 0 Å². The van der Waals surface area contributed by atoms with Gasteiger partial charge in [0.1, 0.15) is 6.04 Å². The number of rotatable bonds is 8. The van der Waals surface area contributed by atoms with Crippen LogP contribution in [0.5, 0.6) is 0 Å². The minimum atomic E-state index is -1.02. The van der Waals surface area contributed by atoms with E-state index in [1.54, 1.807) is 29.3 Å². The van der Waals surface area contributed by atoms with Gasteiger partial charge in [0, 0.05) is 55.5 Å². The van der Waals surface area contributed by atoms with Gasteiger partial charge in [0.05, 0.1) is 30.0 Å². The number of nitrogens with zero attached hydrogens (tertiary/aromatic N) is 4. The van der Waals surface area contributed by atoms with Crippen molar-refractivity contribution in [3.63, 3.8) is 0 Å². The number of fused-ring (bicyclic) bond motifs is 1. The lowest BCUT2D eigenvalue weighted by Crippen LogP contribution is -2.54. The van der Waals surface area contributed by atoms with Crippen LogP contribution >= 0.6 is 0 Å². The first-order valence-corrected chi connectivity index (χ1v) is 12.9. The second kappa shape index (κ2) is 10.8. The summed E-state index contributed by atoms with van der Waals surface area (Å²) in [5.41, 5.74) is 2.03. The smallest absolute Gasteiger partial charge is 0.264 e. The van der Waals surface area contributed by atoms with Crippen LogP contribution in [0.15, 0.2) is 42.7 Å². The molecule has 1 atom stereocenters. The van der Waals surface area contributed by atoms with Crippen molar-refractivity contribution < 1.29 is 28.4 Å². The largest absolute Gasteiger partial charge is 0.380 e. The van der Waals surface area contributed by atoms with Crippen LogP contribution in [0.25, 0.3) is 0 Å². The molecule has 204 valence electrons. The highest BCUT2D eigenvalue weighted by molar-refractivity contribution is 6.25. The quantitative estimate of drug-likeness (QED) is 0.389. The van der Waals surface area contributed by atoms with Gasteiger partial charge in [0.2, 0.25) is 17.7 Å². The summed E-state index contributed by atoms with van der Waals surface area (Å²) in [4.78, 5) is 65.1. The van der Waals surface area contributed by atoms with Crippen LogP contribution in [0.1, 0.15) is 64.4 Å². The molecule has 0 spiro atoms. The molecule has 3 aliphatic heterocycles. The molecule has 2 fully saturated rings. The Morgan fingerprint density at radius 3 is 2.62 bits per heavy atom. The molecular weight excluding hydrogens is 507 g/mol. The van der Waals surface area contributed by atoms with E-state index in [4.69, 9.17) is 0 Å². The van der Waals surface area contributed by atoms with Crippen molar-refractivity contribution >= 4 is 35.2 Å². The second-order valence-corrected chi connectivity index (χ2v) is 9.92. The second-order valence-electron chi connectivity index (χ2n) is 9.92. The maximum absolute atomic E-state index is 13.3. The molecule has 12 heteroatoms. The number of aromatic nitrogens is 2. The highest BCUT2D eigenvalue weighted by atomic mass is 19.1. The average molecular weight is 537 g/mol. The lowest BCUT2D eigenvalue weighted by Gasteiger charge is -2.32. The molecule has 0 saturated carbocycles. The fourth-order valence-corrected chi connectivity index (χ4v) is 5.31. The monoisotopic (exact) mass is 536 g/mol. The topological polar surface area (TPSA) is 134 Å². The average Bonchev–Trinajstić information content (AvgIpc) is 3.50. The fraction of sp³-hybridized carbons (Fsp3) is 0.407. The SMILES string of the molecule is C=C(CCF)C(=O)N1CCC(n2cc(CNc3cccc4c3C(=O)N(C3CCC(=O)NC3=O)C4=O)cn2)CC1. The van der Waals surface area contributed by atoms with E-state index in [0.717, 1.165) is 10.5 Å². The van der Waals surface area contributed by atoms with Crippen LogP contribution in [-0.2, 0) is 20.9 Å². The van der Waals surface area contributed by atoms with Gasteiger partial charge in [-0.1, -0.05) is 12.6 Å². The summed E-state index contributed by atoms with van der Waals surface area (Å²) in [7, 11) is 0. The minimum absolute atomic E-state index is 0.0492. The molecule has 2 saturated heterocycles. The number of amides is 5. The molecule has 2 aromatic rings. The molecule has 2 N–H and O–H groups in total. The zero-order chi connectivity index (χ0) is 27.7. The normalized spacial score (nSPS) is 19.8. The van der Waals surface area contributed by atoms with E-state index in [0.29, 0.717) is 38.2 Å². The Kier molecular flexibility index (Phi) is 7.27. The van der Waals surface area contributed by atoms with E-state index in [9.17, 15) is 28.4 Å². The molecule has 0 aliphatic carbocycles. The zero-order valence-electron chi connectivity index (χ0n) is 21.3. The predicted octanol–water partition coefficient (Wildman–Crippen LogP) is 1.98. The number of halogens is 1. The van der Waals surface area contributed by atoms with Gasteiger partial charge in [0.25, 0.3) is 11.8 Å². The zero-order valence-corrected chi connectivity index (χ0v) is 21.3. The van der Waals surface area contributed by atoms with Crippen LogP contribution in [0.2, 0.25) is 0 Å². The lowest BCUT2D eigenvalue weighted by molar-refractivity contribution is -0.136. The third-order valence-electron chi connectivity index (χ3n) is 7.43. The maximum atomic E-state index is 13.3. The van der Waals surface area contributed by atoms with Gasteiger partial charge in [-0.2, -0.15) is 5.10 Å². The van der Waals surface area contributed by atoms with Gasteiger partial charge in [-0.05, 0) is 31.4 Å². The van der Waals surface area contributed by atoms with Crippen molar-refractivity contribution in [3.05, 3.63) is 59.4 Å². The highest BCUT2D eigenvalue weighted by Gasteiger charge is 2.45. The number of benzene rings is 1. The van der Waals surface area contributed by atoms with Crippen molar-refractivity contribution in [2.24, 2.45) is 0 Å². The molecule has 5 amide bonds. The minimum Gasteiger partial charge on any atom is -0.380 e. The molecule has 1 aromatic heterocycles. The molecule has 4 heterocycles. The summed E-state index contributed by atoms with van der Waals surface area (Å²) in [5.74, 6) is -2.40. The number of nitrogens with one attached hydrogen (secondary N) is 2. The standard InChI is InChI=1S/C27H29FN6O5/c1-16(7-10-28)25(37)32-11-8-18(9-12-32)33-15-17(14-30-33)13-29-20-4-2-3-19-23(20)27(39)34(26(19)38)21-5-6-22(35)31-24(21)36/h2-4,14-15,18,21,29H,1,5-13H2,(H,31,35,36). The molecule has 11 nitrogen and oxygen atoms in total. The molecule has 5 rings (SSSR count). The Bertz CT molecular complexity index is 1360. The van der Waals surface area contributed by atoms with Gasteiger partial charge >= 0.3 is 0 Å². The van der Waals surface area contributed by atoms with Crippen molar-refractivity contribution in [2.75, 3.05) is 25.1 Å². The molecule has 1 aromatic carbocycles. The van der Waals surface area contributed by atoms with Gasteiger partial charge in [-0.25, -0.2) is 0 Å². The van der Waals surface area contributed by atoms with E-state index in [1.807, 2.05) is 10.9 Å². The first-order valence-electron chi connectivity index (χ1n) is 12.9. The molecular formula is C27H29FN6O5. The number of anilines is 1. The van der Waals surface area contributed by atoms with Gasteiger partial charge in [-0.3, -0.25) is 43.3 Å². The van der Waals surface area contributed by atoms with Crippen molar-refractivity contribution in [2.45, 2.75) is 50.7 Å². The van der Waals surface area contributed by atoms with E-state index < -0.39 is 36.3 Å². The summed E-state index contributed by atoms with van der Waals surface area (Å²) in [5, 5.41) is 9.89. The molecule has 0 radical (unpaired) electrons. The summed E-state index contributed by atoms with van der Waals surface area (Å²) >= 11 is 0. The number of hydrogen-bond donors (Lipinski definition) is 2. The summed E-state index contributed by atoms with van der Waals surface area (Å²) < 4.78 is 14.4. The Labute approximate surface area is 224 Å². The van der Waals surface area contributed by atoms with Crippen LogP contribution in [0, 0.1) is 0 Å². The molecule has 0 bridgehead atoms. The van der Waals surface area contributed by atoms with E-state index in [-0.39, 0.29) is 47.9 Å². The Balaban J connectivity index is 1.22. The predicted molar refractivity (Wildman–Crippen MR) is 137 cm³/mol. The maximum Gasteiger partial charge on any atom is 0.264 e. The third-order valence-corrected chi connectivity index (χ3v) is 7.43. The number of alkyl halides is 1. The van der Waals surface area contributed by atoms with Crippen LogP contribution in [0.3, 0.4) is 0 Å². The number of carbonyl (C=O) groups excluding carboxylic acids is 5. The summed E-state index contributed by atoms with van der Waals surface area (Å²) in [6.07, 6.45) is 5.25. The van der Waals surface area contributed by atoms with Crippen LogP contribution in [-0.4, -0.2) is 74.9 Å². The summed E-state index contributed by atoms with van der Waals surface area (Å²) in [6, 6.07) is 4.01. The van der Waals surface area contributed by atoms with Gasteiger partial charge < -0.3 is 10.2 Å². The Morgan fingerprint density at radius 2 is 1.90 bits per heavy atom. The van der Waals surface area contributed by atoms with Crippen molar-refractivity contribution in [3.8, 4) is 0 Å².